The predicted octanol–water partition coefficient (Wildman–Crippen LogP) is 4.26. The van der Waals surface area contributed by atoms with Crippen LogP contribution < -0.4 is 5.30 Å². The van der Waals surface area contributed by atoms with E-state index in [4.69, 9.17) is 0 Å². The quantitative estimate of drug-likeness (QED) is 0.566. The van der Waals surface area contributed by atoms with E-state index in [1.165, 1.54) is 5.30 Å². The van der Waals surface area contributed by atoms with Crippen LogP contribution >= 0.6 is 9.24 Å². The molecule has 0 fully saturated rings. The van der Waals surface area contributed by atoms with Crippen LogP contribution in [0.25, 0.3) is 6.08 Å². The Morgan fingerprint density at radius 3 is 2.25 bits per heavy atom. The molecule has 0 saturated heterocycles. The fourth-order valence-electron chi connectivity index (χ4n) is 1.53. The van der Waals surface area contributed by atoms with Gasteiger partial charge in [-0.2, -0.15) is 0 Å². The van der Waals surface area contributed by atoms with Gasteiger partial charge in [-0.25, -0.2) is 4.98 Å². The Hall–Kier alpha value is -1.62. The summed E-state index contributed by atoms with van der Waals surface area (Å²) in [7, 11) is 2.63. The normalized spacial score (nSPS) is 9.60. The first kappa shape index (κ1) is 18.4. The molecule has 0 spiro atoms. The van der Waals surface area contributed by atoms with Crippen molar-refractivity contribution in [2.75, 3.05) is 0 Å². The molecule has 1 aromatic carbocycles. The van der Waals surface area contributed by atoms with Gasteiger partial charge >= 0.3 is 0 Å². The molecule has 0 aliphatic heterocycles. The van der Waals surface area contributed by atoms with Gasteiger partial charge in [0.15, 0.2) is 0 Å². The predicted molar refractivity (Wildman–Crippen MR) is 93.3 cm³/mol. The minimum atomic E-state index is 0. The molecule has 1 unspecified atom stereocenters. The highest BCUT2D eigenvalue weighted by molar-refractivity contribution is 7.27. The second kappa shape index (κ2) is 8.53. The summed E-state index contributed by atoms with van der Waals surface area (Å²) >= 11 is 0. The van der Waals surface area contributed by atoms with Crippen molar-refractivity contribution >= 4 is 20.6 Å². The molecule has 1 atom stereocenters. The van der Waals surface area contributed by atoms with Crippen molar-refractivity contribution in [3.8, 4) is 0 Å². The number of hydrogen-bond acceptors (Lipinski definition) is 1. The Bertz CT molecular complexity index is 544. The molecule has 2 aromatic rings. The minimum Gasteiger partial charge on any atom is -0.326 e. The second-order valence-corrected chi connectivity index (χ2v) is 5.75. The Kier molecular flexibility index (Phi) is 7.84. The van der Waals surface area contributed by atoms with Crippen LogP contribution in [0.5, 0.6) is 0 Å². The zero-order valence-corrected chi connectivity index (χ0v) is 13.0. The van der Waals surface area contributed by atoms with E-state index in [2.05, 4.69) is 51.9 Å². The van der Waals surface area contributed by atoms with Crippen LogP contribution in [0.2, 0.25) is 0 Å². The maximum atomic E-state index is 4.18. The summed E-state index contributed by atoms with van der Waals surface area (Å²) in [5, 5.41) is 1.24. The second-order valence-electron chi connectivity index (χ2n) is 5.09. The van der Waals surface area contributed by atoms with Gasteiger partial charge < -0.3 is 4.57 Å². The lowest BCUT2D eigenvalue weighted by atomic mass is 10.1. The Morgan fingerprint density at radius 1 is 1.25 bits per heavy atom. The zero-order chi connectivity index (χ0) is 14.3. The molecule has 20 heavy (non-hydrogen) atoms. The largest absolute Gasteiger partial charge is 0.326 e. The van der Waals surface area contributed by atoms with Crippen molar-refractivity contribution < 1.29 is 0 Å². The van der Waals surface area contributed by atoms with Crippen molar-refractivity contribution in [3.63, 3.8) is 0 Å². The van der Waals surface area contributed by atoms with E-state index in [-0.39, 0.29) is 13.0 Å². The smallest absolute Gasteiger partial charge is 0.140 e. The third-order valence-electron chi connectivity index (χ3n) is 2.42. The molecule has 0 N–H and O–H groups in total. The summed E-state index contributed by atoms with van der Waals surface area (Å²) in [5.41, 5.74) is 2.79. The average Bonchev–Trinajstić information content (AvgIpc) is 2.79. The van der Waals surface area contributed by atoms with Crippen LogP contribution in [0, 0.1) is 0 Å². The SMILES string of the molecule is C.C=C=Cc1nccn1C(C)(C)C.Pc1ccccc1. The van der Waals surface area contributed by atoms with Crippen molar-refractivity contribution in [1.29, 1.82) is 0 Å². The molecule has 0 radical (unpaired) electrons. The van der Waals surface area contributed by atoms with Crippen LogP contribution in [0.4, 0.5) is 0 Å². The Morgan fingerprint density at radius 2 is 1.85 bits per heavy atom. The molecule has 0 aliphatic carbocycles. The molecule has 3 heteroatoms. The van der Waals surface area contributed by atoms with Gasteiger partial charge in [0.25, 0.3) is 0 Å². The van der Waals surface area contributed by atoms with Crippen molar-refractivity contribution in [2.45, 2.75) is 33.7 Å². The maximum Gasteiger partial charge on any atom is 0.140 e. The van der Waals surface area contributed by atoms with E-state index >= 15 is 0 Å². The molecular formula is C17H25N2P. The van der Waals surface area contributed by atoms with Crippen molar-refractivity contribution in [2.24, 2.45) is 0 Å². The highest BCUT2D eigenvalue weighted by Gasteiger charge is 2.14. The summed E-state index contributed by atoms with van der Waals surface area (Å²) < 4.78 is 2.09. The topological polar surface area (TPSA) is 17.8 Å². The highest BCUT2D eigenvalue weighted by atomic mass is 31.0. The molecule has 108 valence electrons. The van der Waals surface area contributed by atoms with Gasteiger partial charge in [0.05, 0.1) is 0 Å². The molecule has 1 aromatic heterocycles. The lowest BCUT2D eigenvalue weighted by Gasteiger charge is -2.21. The fraction of sp³-hybridized carbons (Fsp3) is 0.294. The number of aromatic nitrogens is 2. The monoisotopic (exact) mass is 288 g/mol. The highest BCUT2D eigenvalue weighted by Crippen LogP contribution is 2.16. The van der Waals surface area contributed by atoms with Crippen LogP contribution in [0.3, 0.4) is 0 Å². The molecular weight excluding hydrogens is 263 g/mol. The van der Waals surface area contributed by atoms with Gasteiger partial charge in [0.1, 0.15) is 5.82 Å². The van der Waals surface area contributed by atoms with Gasteiger partial charge in [-0.3, -0.25) is 0 Å². The first-order valence-corrected chi connectivity index (χ1v) is 6.73. The summed E-state index contributed by atoms with van der Waals surface area (Å²) in [4.78, 5) is 4.18. The molecule has 0 aliphatic rings. The Balaban J connectivity index is 0.000000387. The summed E-state index contributed by atoms with van der Waals surface area (Å²) in [5.74, 6) is 0.900. The van der Waals surface area contributed by atoms with Gasteiger partial charge in [-0.05, 0) is 26.1 Å². The number of benzene rings is 1. The third kappa shape index (κ3) is 6.02. The number of rotatable bonds is 1. The van der Waals surface area contributed by atoms with Crippen molar-refractivity contribution in [3.05, 3.63) is 60.9 Å². The zero-order valence-electron chi connectivity index (χ0n) is 11.8. The van der Waals surface area contributed by atoms with E-state index in [0.29, 0.717) is 0 Å². The fourth-order valence-corrected chi connectivity index (χ4v) is 1.76. The molecule has 0 bridgehead atoms. The molecule has 2 nitrogen and oxygen atoms in total. The van der Waals surface area contributed by atoms with E-state index in [1.54, 1.807) is 12.3 Å². The van der Waals surface area contributed by atoms with E-state index < -0.39 is 0 Å². The van der Waals surface area contributed by atoms with Crippen molar-refractivity contribution in [1.82, 2.24) is 9.55 Å². The first-order chi connectivity index (χ1) is 8.95. The summed E-state index contributed by atoms with van der Waals surface area (Å²) in [6.07, 6.45) is 5.53. The summed E-state index contributed by atoms with van der Waals surface area (Å²) in [6.45, 7) is 9.93. The van der Waals surface area contributed by atoms with E-state index in [9.17, 15) is 0 Å². The molecule has 2 rings (SSSR count). The minimum absolute atomic E-state index is 0. The van der Waals surface area contributed by atoms with Crippen LogP contribution in [-0.2, 0) is 5.54 Å². The lowest BCUT2D eigenvalue weighted by molar-refractivity contribution is 0.394. The third-order valence-corrected chi connectivity index (χ3v) is 2.81. The number of hydrogen-bond donors (Lipinski definition) is 0. The van der Waals surface area contributed by atoms with E-state index in [1.807, 2.05) is 36.5 Å². The number of nitrogens with zero attached hydrogens (tertiary/aromatic N) is 2. The number of imidazole rings is 1. The van der Waals surface area contributed by atoms with Crippen LogP contribution in [0.15, 0.2) is 55.0 Å². The molecule has 1 heterocycles. The summed E-state index contributed by atoms with van der Waals surface area (Å²) in [6, 6.07) is 10.1. The first-order valence-electron chi connectivity index (χ1n) is 6.15. The van der Waals surface area contributed by atoms with Gasteiger partial charge in [0, 0.05) is 24.0 Å². The van der Waals surface area contributed by atoms with E-state index in [0.717, 1.165) is 5.82 Å². The van der Waals surface area contributed by atoms with Gasteiger partial charge in [-0.1, -0.05) is 44.3 Å². The Labute approximate surface area is 125 Å². The molecule has 0 saturated carbocycles. The lowest BCUT2D eigenvalue weighted by Crippen LogP contribution is -2.22. The van der Waals surface area contributed by atoms with Crippen LogP contribution in [0.1, 0.15) is 34.0 Å². The van der Waals surface area contributed by atoms with Gasteiger partial charge in [0.2, 0.25) is 0 Å². The van der Waals surface area contributed by atoms with Crippen LogP contribution in [-0.4, -0.2) is 9.55 Å². The standard InChI is InChI=1S/C10H14N2.C6H7P.CH4/c1-5-6-9-11-7-8-12(9)10(2,3)4;7-6-4-2-1-3-5-6;/h6-8H,1H2,2-4H3;1-5H,7H2;1H4. The average molecular weight is 288 g/mol. The maximum absolute atomic E-state index is 4.18. The molecule has 0 amide bonds. The van der Waals surface area contributed by atoms with Gasteiger partial charge in [-0.15, -0.1) is 15.0 Å².